The van der Waals surface area contributed by atoms with Gasteiger partial charge in [0.05, 0.1) is 22.1 Å². The van der Waals surface area contributed by atoms with Gasteiger partial charge in [0, 0.05) is 33.4 Å². The quantitative estimate of drug-likeness (QED) is 0.167. The van der Waals surface area contributed by atoms with E-state index in [1.54, 1.807) is 0 Å². The highest BCUT2D eigenvalue weighted by atomic mass is 15.1. The fourth-order valence-electron chi connectivity index (χ4n) is 9.56. The molecule has 8 aromatic carbocycles. The van der Waals surface area contributed by atoms with Gasteiger partial charge in [-0.1, -0.05) is 152 Å². The number of para-hydroxylation sites is 2. The third-order valence-electron chi connectivity index (χ3n) is 11.8. The van der Waals surface area contributed by atoms with E-state index in [0.29, 0.717) is 0 Å². The van der Waals surface area contributed by atoms with Crippen LogP contribution in [0.4, 0.5) is 17.1 Å². The molecular formula is C53H38N2. The van der Waals surface area contributed by atoms with Gasteiger partial charge in [-0.3, -0.25) is 0 Å². The minimum absolute atomic E-state index is 0.442. The van der Waals surface area contributed by atoms with E-state index in [9.17, 15) is 0 Å². The molecule has 1 heterocycles. The van der Waals surface area contributed by atoms with Crippen molar-refractivity contribution in [3.8, 4) is 16.8 Å². The first-order valence-electron chi connectivity index (χ1n) is 19.3. The summed E-state index contributed by atoms with van der Waals surface area (Å²) in [5.41, 5.74) is 14.4. The summed E-state index contributed by atoms with van der Waals surface area (Å²) >= 11 is 0. The predicted octanol–water partition coefficient (Wildman–Crippen LogP) is 14.0. The highest BCUT2D eigenvalue weighted by molar-refractivity contribution is 6.11. The number of nitrogens with zero attached hydrogens (tertiary/aromatic N) is 2. The molecule has 2 heteroatoms. The molecule has 0 radical (unpaired) electrons. The molecule has 1 aromatic heterocycles. The fraction of sp³-hybridized carbons (Fsp3) is 0.0566. The molecular weight excluding hydrogens is 665 g/mol. The van der Waals surface area contributed by atoms with Gasteiger partial charge in [0.15, 0.2) is 0 Å². The van der Waals surface area contributed by atoms with Gasteiger partial charge < -0.3 is 9.47 Å². The van der Waals surface area contributed by atoms with E-state index in [1.807, 2.05) is 0 Å². The molecule has 0 amide bonds. The fourth-order valence-corrected chi connectivity index (χ4v) is 9.56. The van der Waals surface area contributed by atoms with Crippen LogP contribution in [0.1, 0.15) is 29.5 Å². The van der Waals surface area contributed by atoms with E-state index in [-0.39, 0.29) is 0 Å². The van der Waals surface area contributed by atoms with E-state index < -0.39 is 5.41 Å². The molecule has 0 N–H and O–H groups in total. The maximum absolute atomic E-state index is 2.50. The van der Waals surface area contributed by atoms with Crippen LogP contribution >= 0.6 is 0 Å². The Morgan fingerprint density at radius 1 is 0.491 bits per heavy atom. The van der Waals surface area contributed by atoms with Crippen LogP contribution in [0.15, 0.2) is 212 Å². The van der Waals surface area contributed by atoms with E-state index in [1.165, 1.54) is 71.7 Å². The Morgan fingerprint density at radius 3 is 2.04 bits per heavy atom. The summed E-state index contributed by atoms with van der Waals surface area (Å²) in [5.74, 6) is 0. The van der Waals surface area contributed by atoms with Crippen molar-refractivity contribution in [2.75, 3.05) is 4.90 Å². The average Bonchev–Trinajstić information content (AvgIpc) is 3.76. The lowest BCUT2D eigenvalue weighted by Gasteiger charge is -2.36. The Labute approximate surface area is 321 Å². The van der Waals surface area contributed by atoms with Crippen LogP contribution in [0.3, 0.4) is 0 Å². The van der Waals surface area contributed by atoms with Crippen molar-refractivity contribution < 1.29 is 0 Å². The molecule has 2 aliphatic carbocycles. The molecule has 0 spiro atoms. The van der Waals surface area contributed by atoms with E-state index in [0.717, 1.165) is 29.9 Å². The Morgan fingerprint density at radius 2 is 1.18 bits per heavy atom. The minimum Gasteiger partial charge on any atom is -0.310 e. The van der Waals surface area contributed by atoms with Crippen LogP contribution in [0, 0.1) is 0 Å². The number of benzene rings is 8. The first-order valence-corrected chi connectivity index (χ1v) is 19.3. The normalized spacial score (nSPS) is 16.0. The first-order chi connectivity index (χ1) is 27.3. The predicted molar refractivity (Wildman–Crippen MR) is 231 cm³/mol. The van der Waals surface area contributed by atoms with Gasteiger partial charge in [-0.2, -0.15) is 0 Å². The van der Waals surface area contributed by atoms with E-state index >= 15 is 0 Å². The van der Waals surface area contributed by atoms with Crippen LogP contribution in [0.25, 0.3) is 49.4 Å². The number of anilines is 3. The Bertz CT molecular complexity index is 2990. The first kappa shape index (κ1) is 31.6. The number of aromatic nitrogens is 1. The van der Waals surface area contributed by atoms with Crippen molar-refractivity contribution in [1.82, 2.24) is 4.57 Å². The molecule has 1 unspecified atom stereocenters. The molecule has 260 valence electrons. The van der Waals surface area contributed by atoms with Gasteiger partial charge in [-0.05, 0) is 106 Å². The number of hydrogen-bond donors (Lipinski definition) is 0. The van der Waals surface area contributed by atoms with E-state index in [4.69, 9.17) is 0 Å². The maximum atomic E-state index is 2.50. The van der Waals surface area contributed by atoms with Gasteiger partial charge in [0.1, 0.15) is 0 Å². The molecule has 2 nitrogen and oxygen atoms in total. The molecule has 55 heavy (non-hydrogen) atoms. The minimum atomic E-state index is -0.442. The van der Waals surface area contributed by atoms with Crippen molar-refractivity contribution in [1.29, 1.82) is 0 Å². The SMILES string of the molecule is C1=CC(C2(c3ccccc3)c3ccccc3-c3c(N(c4ccc5ccccc5c4)c4ccc5c(c4)c4ccccc4n5-c4ccccc4)cccc32)=CCC1. The molecule has 2 aliphatic rings. The topological polar surface area (TPSA) is 8.17 Å². The van der Waals surface area contributed by atoms with Crippen LogP contribution in [0.5, 0.6) is 0 Å². The Kier molecular flexibility index (Phi) is 7.25. The molecule has 0 saturated heterocycles. The second kappa shape index (κ2) is 12.6. The van der Waals surface area contributed by atoms with E-state index in [2.05, 4.69) is 216 Å². The monoisotopic (exact) mass is 702 g/mol. The standard InChI is InChI=1S/C53H38N2/c1-4-19-39(20-5-1)53(40-21-6-2-7-22-40)47-27-14-12-26-45(47)52-48(53)28-16-30-51(52)54(42-32-31-37-17-10-11-18-38(37)35-42)43-33-34-50-46(36-43)44-25-13-15-29-49(44)55(50)41-23-8-3-9-24-41/h1,3-6,8-36H,2,7H2. The highest BCUT2D eigenvalue weighted by Crippen LogP contribution is 2.60. The van der Waals surface area contributed by atoms with Gasteiger partial charge in [0.2, 0.25) is 0 Å². The molecule has 0 bridgehead atoms. The van der Waals surface area contributed by atoms with Crippen LogP contribution < -0.4 is 4.90 Å². The largest absolute Gasteiger partial charge is 0.310 e. The van der Waals surface area contributed by atoms with Crippen molar-refractivity contribution in [3.63, 3.8) is 0 Å². The van der Waals surface area contributed by atoms with Crippen LogP contribution in [-0.2, 0) is 5.41 Å². The summed E-state index contributed by atoms with van der Waals surface area (Å²) in [7, 11) is 0. The van der Waals surface area contributed by atoms with Gasteiger partial charge in [-0.15, -0.1) is 0 Å². The summed E-state index contributed by atoms with van der Waals surface area (Å²) in [6.07, 6.45) is 9.32. The summed E-state index contributed by atoms with van der Waals surface area (Å²) in [5, 5.41) is 4.92. The Hall–Kier alpha value is -6.90. The Balaban J connectivity index is 1.22. The number of rotatable bonds is 6. The zero-order valence-corrected chi connectivity index (χ0v) is 30.4. The van der Waals surface area contributed by atoms with Crippen molar-refractivity contribution >= 4 is 49.6 Å². The molecule has 1 atom stereocenters. The lowest BCUT2D eigenvalue weighted by atomic mass is 9.66. The smallest absolute Gasteiger partial charge is 0.0711 e. The molecule has 11 rings (SSSR count). The van der Waals surface area contributed by atoms with Gasteiger partial charge in [0.25, 0.3) is 0 Å². The average molecular weight is 703 g/mol. The van der Waals surface area contributed by atoms with Crippen molar-refractivity contribution in [2.45, 2.75) is 18.3 Å². The summed E-state index contributed by atoms with van der Waals surface area (Å²) < 4.78 is 2.39. The molecule has 0 aliphatic heterocycles. The summed E-state index contributed by atoms with van der Waals surface area (Å²) in [6, 6.07) is 69.4. The third-order valence-corrected chi connectivity index (χ3v) is 11.8. The summed E-state index contributed by atoms with van der Waals surface area (Å²) in [6.45, 7) is 0. The van der Waals surface area contributed by atoms with Crippen LogP contribution in [0.2, 0.25) is 0 Å². The lowest BCUT2D eigenvalue weighted by molar-refractivity contribution is 0.751. The number of hydrogen-bond acceptors (Lipinski definition) is 1. The number of fused-ring (bicyclic) bond motifs is 7. The van der Waals surface area contributed by atoms with Gasteiger partial charge in [-0.25, -0.2) is 0 Å². The second-order valence-corrected chi connectivity index (χ2v) is 14.8. The molecule has 9 aromatic rings. The highest BCUT2D eigenvalue weighted by Gasteiger charge is 2.48. The van der Waals surface area contributed by atoms with Crippen LogP contribution in [-0.4, -0.2) is 4.57 Å². The zero-order valence-electron chi connectivity index (χ0n) is 30.4. The maximum Gasteiger partial charge on any atom is 0.0711 e. The summed E-state index contributed by atoms with van der Waals surface area (Å²) in [4.78, 5) is 2.50. The van der Waals surface area contributed by atoms with Crippen molar-refractivity contribution in [2.24, 2.45) is 0 Å². The molecule has 0 fully saturated rings. The number of allylic oxidation sites excluding steroid dienone is 4. The third kappa shape index (κ3) is 4.74. The van der Waals surface area contributed by atoms with Crippen molar-refractivity contribution in [3.05, 3.63) is 229 Å². The lowest BCUT2D eigenvalue weighted by Crippen LogP contribution is -2.29. The second-order valence-electron chi connectivity index (χ2n) is 14.8. The zero-order chi connectivity index (χ0) is 36.3. The molecule has 0 saturated carbocycles. The van der Waals surface area contributed by atoms with Gasteiger partial charge >= 0.3 is 0 Å².